The highest BCUT2D eigenvalue weighted by atomic mass is 32.2. The fourth-order valence-electron chi connectivity index (χ4n) is 3.30. The lowest BCUT2D eigenvalue weighted by Crippen LogP contribution is -2.50. The van der Waals surface area contributed by atoms with Crippen LogP contribution >= 0.6 is 0 Å². The van der Waals surface area contributed by atoms with E-state index in [-0.39, 0.29) is 23.3 Å². The predicted molar refractivity (Wildman–Crippen MR) is 95.3 cm³/mol. The largest absolute Gasteiger partial charge is 0.340 e. The molecule has 0 bridgehead atoms. The first kappa shape index (κ1) is 17.2. The first-order valence-corrected chi connectivity index (χ1v) is 10.3. The molecule has 2 aliphatic rings. The average molecular weight is 348 g/mol. The molecule has 6 heteroatoms. The molecule has 24 heavy (non-hydrogen) atoms. The van der Waals surface area contributed by atoms with Crippen molar-refractivity contribution in [2.24, 2.45) is 5.92 Å². The maximum atomic E-state index is 12.4. The number of rotatable bonds is 4. The van der Waals surface area contributed by atoms with Gasteiger partial charge in [0.1, 0.15) is 0 Å². The lowest BCUT2D eigenvalue weighted by Gasteiger charge is -2.35. The van der Waals surface area contributed by atoms with Gasteiger partial charge in [0.15, 0.2) is 9.84 Å². The average Bonchev–Trinajstić information content (AvgIpc) is 2.96. The van der Waals surface area contributed by atoms with E-state index in [4.69, 9.17) is 0 Å². The number of carbonyl (C=O) groups is 1. The van der Waals surface area contributed by atoms with Crippen LogP contribution in [0.3, 0.4) is 0 Å². The molecule has 0 N–H and O–H groups in total. The first-order chi connectivity index (χ1) is 11.5. The van der Waals surface area contributed by atoms with Gasteiger partial charge in [-0.3, -0.25) is 9.69 Å². The Labute approximate surface area is 143 Å². The van der Waals surface area contributed by atoms with E-state index in [0.29, 0.717) is 19.5 Å². The van der Waals surface area contributed by atoms with E-state index in [1.807, 2.05) is 23.1 Å². The highest BCUT2D eigenvalue weighted by Crippen LogP contribution is 2.21. The molecule has 1 aromatic carbocycles. The van der Waals surface area contributed by atoms with Crippen LogP contribution in [0.4, 0.5) is 0 Å². The number of hydrogen-bond donors (Lipinski definition) is 0. The van der Waals surface area contributed by atoms with Crippen LogP contribution in [0.2, 0.25) is 0 Å². The van der Waals surface area contributed by atoms with Gasteiger partial charge >= 0.3 is 0 Å². The van der Waals surface area contributed by atoms with Gasteiger partial charge < -0.3 is 4.90 Å². The summed E-state index contributed by atoms with van der Waals surface area (Å²) in [6.45, 7) is 3.92. The number of piperazine rings is 1. The third kappa shape index (κ3) is 4.45. The van der Waals surface area contributed by atoms with Crippen molar-refractivity contribution in [2.45, 2.75) is 6.42 Å². The van der Waals surface area contributed by atoms with Gasteiger partial charge in [0.2, 0.25) is 5.91 Å². The van der Waals surface area contributed by atoms with Crippen LogP contribution in [-0.2, 0) is 14.6 Å². The highest BCUT2D eigenvalue weighted by Gasteiger charge is 2.36. The summed E-state index contributed by atoms with van der Waals surface area (Å²) < 4.78 is 23.1. The Morgan fingerprint density at radius 3 is 2.46 bits per heavy atom. The SMILES string of the molecule is O=C([C@@H]1CCS(=O)(=O)C1)N1CCN(C/C=C\c2ccccc2)CC1. The molecule has 0 saturated carbocycles. The number of benzene rings is 1. The summed E-state index contributed by atoms with van der Waals surface area (Å²) in [6.07, 6.45) is 4.75. The third-order valence-corrected chi connectivity index (χ3v) is 6.51. The molecule has 0 spiro atoms. The molecule has 1 aromatic rings. The predicted octanol–water partition coefficient (Wildman–Crippen LogP) is 1.28. The Bertz CT molecular complexity index is 692. The zero-order valence-electron chi connectivity index (χ0n) is 13.8. The fourth-order valence-corrected chi connectivity index (χ4v) is 5.03. The van der Waals surface area contributed by atoms with Crippen LogP contribution in [0.25, 0.3) is 6.08 Å². The molecular formula is C18H24N2O3S. The van der Waals surface area contributed by atoms with E-state index in [1.165, 1.54) is 5.56 Å². The number of carbonyl (C=O) groups excluding carboxylic acids is 1. The Balaban J connectivity index is 1.44. The van der Waals surface area contributed by atoms with Crippen molar-refractivity contribution in [2.75, 3.05) is 44.2 Å². The zero-order valence-corrected chi connectivity index (χ0v) is 14.6. The Kier molecular flexibility index (Phi) is 5.36. The topological polar surface area (TPSA) is 57.7 Å². The molecule has 0 aliphatic carbocycles. The van der Waals surface area contributed by atoms with E-state index in [1.54, 1.807) is 0 Å². The van der Waals surface area contributed by atoms with Gasteiger partial charge in [-0.1, -0.05) is 42.5 Å². The number of sulfone groups is 1. The number of hydrogen-bond acceptors (Lipinski definition) is 4. The summed E-state index contributed by atoms with van der Waals surface area (Å²) in [5.41, 5.74) is 1.19. The Morgan fingerprint density at radius 1 is 1.12 bits per heavy atom. The number of amides is 1. The van der Waals surface area contributed by atoms with E-state index >= 15 is 0 Å². The molecule has 2 heterocycles. The molecule has 2 fully saturated rings. The molecule has 1 amide bonds. The lowest BCUT2D eigenvalue weighted by atomic mass is 10.1. The molecule has 130 valence electrons. The first-order valence-electron chi connectivity index (χ1n) is 8.47. The van der Waals surface area contributed by atoms with Crippen molar-refractivity contribution in [3.05, 3.63) is 42.0 Å². The second-order valence-electron chi connectivity index (χ2n) is 6.54. The van der Waals surface area contributed by atoms with E-state index in [0.717, 1.165) is 19.6 Å². The van der Waals surface area contributed by atoms with Crippen molar-refractivity contribution >= 4 is 21.8 Å². The molecule has 0 radical (unpaired) electrons. The van der Waals surface area contributed by atoms with Crippen LogP contribution in [0.15, 0.2) is 36.4 Å². The minimum absolute atomic E-state index is 0.0237. The van der Waals surface area contributed by atoms with Gasteiger partial charge in [0.25, 0.3) is 0 Å². The maximum absolute atomic E-state index is 12.4. The van der Waals surface area contributed by atoms with Gasteiger partial charge in [0.05, 0.1) is 17.4 Å². The van der Waals surface area contributed by atoms with Crippen molar-refractivity contribution < 1.29 is 13.2 Å². The second kappa shape index (κ2) is 7.49. The standard InChI is InChI=1S/C18H24N2O3S/c21-18(17-8-14-24(22,23)15-17)20-12-10-19(11-13-20)9-4-7-16-5-2-1-3-6-16/h1-7,17H,8-15H2/b7-4-/t17-/m1/s1. The molecule has 0 aromatic heterocycles. The summed E-state index contributed by atoms with van der Waals surface area (Å²) in [5.74, 6) is -0.102. The summed E-state index contributed by atoms with van der Waals surface area (Å²) in [5, 5.41) is 0. The Hall–Kier alpha value is -1.66. The van der Waals surface area contributed by atoms with Crippen molar-refractivity contribution in [3.8, 4) is 0 Å². The van der Waals surface area contributed by atoms with E-state index in [2.05, 4.69) is 29.2 Å². The van der Waals surface area contributed by atoms with Gasteiger partial charge in [-0.25, -0.2) is 8.42 Å². The minimum atomic E-state index is -3.00. The zero-order chi connectivity index (χ0) is 17.0. The van der Waals surface area contributed by atoms with Gasteiger partial charge in [0, 0.05) is 32.7 Å². The van der Waals surface area contributed by atoms with E-state index in [9.17, 15) is 13.2 Å². The minimum Gasteiger partial charge on any atom is -0.340 e. The van der Waals surface area contributed by atoms with Crippen LogP contribution in [0.5, 0.6) is 0 Å². The molecule has 5 nitrogen and oxygen atoms in total. The smallest absolute Gasteiger partial charge is 0.226 e. The van der Waals surface area contributed by atoms with Crippen molar-refractivity contribution in [3.63, 3.8) is 0 Å². The van der Waals surface area contributed by atoms with Crippen LogP contribution in [0, 0.1) is 5.92 Å². The van der Waals surface area contributed by atoms with Crippen molar-refractivity contribution in [1.29, 1.82) is 0 Å². The summed E-state index contributed by atoms with van der Waals surface area (Å²) in [7, 11) is -3.00. The quantitative estimate of drug-likeness (QED) is 0.822. The fraction of sp³-hybridized carbons (Fsp3) is 0.500. The maximum Gasteiger partial charge on any atom is 0.226 e. The van der Waals surface area contributed by atoms with Gasteiger partial charge in [-0.05, 0) is 12.0 Å². The molecular weight excluding hydrogens is 324 g/mol. The lowest BCUT2D eigenvalue weighted by molar-refractivity contribution is -0.136. The molecule has 0 unspecified atom stereocenters. The van der Waals surface area contributed by atoms with Gasteiger partial charge in [-0.2, -0.15) is 0 Å². The second-order valence-corrected chi connectivity index (χ2v) is 8.77. The van der Waals surface area contributed by atoms with Crippen LogP contribution in [-0.4, -0.2) is 68.4 Å². The van der Waals surface area contributed by atoms with Crippen LogP contribution in [0.1, 0.15) is 12.0 Å². The third-order valence-electron chi connectivity index (χ3n) is 4.74. The molecule has 2 aliphatic heterocycles. The summed E-state index contributed by atoms with van der Waals surface area (Å²) >= 11 is 0. The van der Waals surface area contributed by atoms with Gasteiger partial charge in [-0.15, -0.1) is 0 Å². The monoisotopic (exact) mass is 348 g/mol. The highest BCUT2D eigenvalue weighted by molar-refractivity contribution is 7.91. The normalized spacial score (nSPS) is 24.5. The van der Waals surface area contributed by atoms with Crippen LogP contribution < -0.4 is 0 Å². The molecule has 1 atom stereocenters. The Morgan fingerprint density at radius 2 is 1.83 bits per heavy atom. The summed E-state index contributed by atoms with van der Waals surface area (Å²) in [6, 6.07) is 10.2. The number of nitrogens with zero attached hydrogens (tertiary/aromatic N) is 2. The van der Waals surface area contributed by atoms with Crippen molar-refractivity contribution in [1.82, 2.24) is 9.80 Å². The molecule has 2 saturated heterocycles. The summed E-state index contributed by atoms with van der Waals surface area (Å²) in [4.78, 5) is 16.6. The molecule has 3 rings (SSSR count). The van der Waals surface area contributed by atoms with E-state index < -0.39 is 9.84 Å².